The predicted octanol–water partition coefficient (Wildman–Crippen LogP) is 1.98. The number of piperidine rings is 1. The highest BCUT2D eigenvalue weighted by Gasteiger charge is 2.21. The van der Waals surface area contributed by atoms with E-state index >= 15 is 0 Å². The summed E-state index contributed by atoms with van der Waals surface area (Å²) in [4.78, 5) is 6.74. The molecule has 1 N–H and O–H groups in total. The number of pyridine rings is 1. The van der Waals surface area contributed by atoms with Crippen molar-refractivity contribution < 1.29 is 8.76 Å². The van der Waals surface area contributed by atoms with Crippen LogP contribution < -0.4 is 4.72 Å². The molecule has 0 aliphatic carbocycles. The van der Waals surface area contributed by atoms with Crippen molar-refractivity contribution in [1.29, 1.82) is 0 Å². The van der Waals surface area contributed by atoms with Crippen LogP contribution in [0.4, 0.5) is 0 Å². The minimum absolute atomic E-state index is 0.330. The third-order valence-electron chi connectivity index (χ3n) is 5.43. The first-order valence-electron chi connectivity index (χ1n) is 10.1. The summed E-state index contributed by atoms with van der Waals surface area (Å²) in [5, 5.41) is 8.55. The minimum atomic E-state index is -2.23. The fourth-order valence-electron chi connectivity index (χ4n) is 3.90. The van der Waals surface area contributed by atoms with Crippen LogP contribution in [0.15, 0.2) is 54.9 Å². The fraction of sp³-hybridized carbons (Fsp3) is 0.381. The fourth-order valence-corrected chi connectivity index (χ4v) is 4.18. The van der Waals surface area contributed by atoms with Crippen molar-refractivity contribution in [2.45, 2.75) is 38.4 Å². The van der Waals surface area contributed by atoms with Crippen LogP contribution in [0.2, 0.25) is 0 Å². The average molecular weight is 426 g/mol. The molecule has 30 heavy (non-hydrogen) atoms. The summed E-state index contributed by atoms with van der Waals surface area (Å²) in [7, 11) is 0. The van der Waals surface area contributed by atoms with Crippen LogP contribution in [-0.4, -0.2) is 46.7 Å². The lowest BCUT2D eigenvalue weighted by molar-refractivity contribution is 0.202. The summed E-state index contributed by atoms with van der Waals surface area (Å²) < 4.78 is 25.7. The normalized spacial score (nSPS) is 16.6. The number of likely N-dealkylation sites (tertiary alicyclic amines) is 1. The maximum atomic E-state index is 10.7. The van der Waals surface area contributed by atoms with Gasteiger partial charge in [0.25, 0.3) is 0 Å². The molecule has 0 saturated carbocycles. The molecule has 3 aromatic rings. The Morgan fingerprint density at radius 3 is 2.73 bits per heavy atom. The number of nitrogens with zero attached hydrogens (tertiary/aromatic N) is 5. The largest absolute Gasteiger partial charge is 0.760 e. The number of rotatable bonds is 8. The molecule has 1 aliphatic heterocycles. The first-order valence-corrected chi connectivity index (χ1v) is 11.2. The second-order valence-electron chi connectivity index (χ2n) is 7.58. The van der Waals surface area contributed by atoms with Gasteiger partial charge in [-0.05, 0) is 55.1 Å². The van der Waals surface area contributed by atoms with E-state index in [2.05, 4.69) is 37.1 Å². The van der Waals surface area contributed by atoms with E-state index in [1.807, 2.05) is 41.2 Å². The van der Waals surface area contributed by atoms with E-state index in [0.717, 1.165) is 49.4 Å². The zero-order valence-corrected chi connectivity index (χ0v) is 17.5. The van der Waals surface area contributed by atoms with Gasteiger partial charge in [0.1, 0.15) is 0 Å². The van der Waals surface area contributed by atoms with Gasteiger partial charge in [-0.3, -0.25) is 14.1 Å². The Bertz CT molecular complexity index is 972. The lowest BCUT2D eigenvalue weighted by Crippen LogP contribution is -2.32. The van der Waals surface area contributed by atoms with Crippen molar-refractivity contribution >= 4 is 11.3 Å². The van der Waals surface area contributed by atoms with Gasteiger partial charge in [-0.15, -0.1) is 5.10 Å². The van der Waals surface area contributed by atoms with Crippen molar-refractivity contribution in [2.75, 3.05) is 13.1 Å². The first kappa shape index (κ1) is 20.8. The number of aromatic nitrogens is 4. The number of nitrogens with one attached hydrogen (secondary N) is 1. The van der Waals surface area contributed by atoms with Gasteiger partial charge in [0, 0.05) is 30.6 Å². The molecule has 9 heteroatoms. The molecule has 2 aromatic heterocycles. The van der Waals surface area contributed by atoms with E-state index in [9.17, 15) is 8.76 Å². The van der Waals surface area contributed by atoms with Crippen molar-refractivity contribution in [2.24, 2.45) is 0 Å². The van der Waals surface area contributed by atoms with E-state index in [1.54, 1.807) is 6.20 Å². The zero-order chi connectivity index (χ0) is 20.8. The maximum Gasteiger partial charge on any atom is 0.0967 e. The van der Waals surface area contributed by atoms with E-state index in [4.69, 9.17) is 0 Å². The number of hydrogen-bond acceptors (Lipinski definition) is 6. The van der Waals surface area contributed by atoms with Gasteiger partial charge in [-0.25, -0.2) is 9.40 Å². The van der Waals surface area contributed by atoms with Gasteiger partial charge >= 0.3 is 0 Å². The van der Waals surface area contributed by atoms with Crippen LogP contribution in [-0.2, 0) is 30.9 Å². The van der Waals surface area contributed by atoms with Crippen molar-refractivity contribution in [3.8, 4) is 0 Å². The quantitative estimate of drug-likeness (QED) is 0.554. The number of hydrogen-bond donors (Lipinski definition) is 1. The Balaban J connectivity index is 1.28. The van der Waals surface area contributed by atoms with Crippen LogP contribution >= 0.6 is 0 Å². The van der Waals surface area contributed by atoms with Crippen molar-refractivity contribution in [3.63, 3.8) is 0 Å². The molecule has 1 aliphatic rings. The van der Waals surface area contributed by atoms with Crippen molar-refractivity contribution in [3.05, 3.63) is 77.4 Å². The lowest BCUT2D eigenvalue weighted by atomic mass is 9.88. The highest BCUT2D eigenvalue weighted by Crippen LogP contribution is 2.29. The summed E-state index contributed by atoms with van der Waals surface area (Å²) in [6.07, 6.45) is 5.93. The summed E-state index contributed by atoms with van der Waals surface area (Å²) in [5.74, 6) is 0.499. The summed E-state index contributed by atoms with van der Waals surface area (Å²) in [6.45, 7) is 3.77. The van der Waals surface area contributed by atoms with E-state index < -0.39 is 11.3 Å². The lowest BCUT2D eigenvalue weighted by Gasteiger charge is -2.31. The van der Waals surface area contributed by atoms with E-state index in [0.29, 0.717) is 19.0 Å². The molecule has 0 bridgehead atoms. The van der Waals surface area contributed by atoms with Crippen LogP contribution in [0.25, 0.3) is 0 Å². The molecule has 0 spiro atoms. The predicted molar refractivity (Wildman–Crippen MR) is 113 cm³/mol. The molecule has 4 rings (SSSR count). The molecule has 1 fully saturated rings. The molecule has 1 aromatic carbocycles. The molecule has 1 unspecified atom stereocenters. The first-order chi connectivity index (χ1) is 14.7. The monoisotopic (exact) mass is 425 g/mol. The molecular formula is C21H25N6O2S-. The standard InChI is InChI=1S/C21H26N6O2S/c28-30(29)23-13-17-4-3-5-19(12-17)18-7-10-26(11-8-18)14-21-16-27(25-24-21)15-20-6-1-2-9-22-20/h1-6,9,12,16,18,23H,7-8,10-11,13-15H2,(H,28,29)/p-1. The Morgan fingerprint density at radius 2 is 1.97 bits per heavy atom. The van der Waals surface area contributed by atoms with Crippen molar-refractivity contribution in [1.82, 2.24) is 29.6 Å². The summed E-state index contributed by atoms with van der Waals surface area (Å²) >= 11 is -2.23. The average Bonchev–Trinajstić information content (AvgIpc) is 3.20. The van der Waals surface area contributed by atoms with Gasteiger partial charge in [0.2, 0.25) is 0 Å². The molecule has 3 heterocycles. The van der Waals surface area contributed by atoms with Crippen LogP contribution in [0.1, 0.15) is 41.3 Å². The molecule has 0 radical (unpaired) electrons. The smallest absolute Gasteiger partial charge is 0.0967 e. The van der Waals surface area contributed by atoms with E-state index in [-0.39, 0.29) is 0 Å². The number of benzene rings is 1. The minimum Gasteiger partial charge on any atom is -0.760 e. The molecule has 0 amide bonds. The molecule has 1 atom stereocenters. The van der Waals surface area contributed by atoms with Crippen LogP contribution in [0, 0.1) is 0 Å². The Labute approximate surface area is 178 Å². The second kappa shape index (κ2) is 10.0. The third-order valence-corrected chi connectivity index (χ3v) is 5.81. The summed E-state index contributed by atoms with van der Waals surface area (Å²) in [6, 6.07) is 14.1. The van der Waals surface area contributed by atoms with Gasteiger partial charge in [0.05, 0.1) is 24.1 Å². The molecule has 8 nitrogen and oxygen atoms in total. The Hall–Kier alpha value is -2.46. The van der Waals surface area contributed by atoms with Crippen LogP contribution in [0.3, 0.4) is 0 Å². The zero-order valence-electron chi connectivity index (χ0n) is 16.7. The summed E-state index contributed by atoms with van der Waals surface area (Å²) in [5.41, 5.74) is 4.22. The highest BCUT2D eigenvalue weighted by molar-refractivity contribution is 7.77. The Morgan fingerprint density at radius 1 is 1.10 bits per heavy atom. The maximum absolute atomic E-state index is 10.7. The topological polar surface area (TPSA) is 99.0 Å². The second-order valence-corrected chi connectivity index (χ2v) is 8.34. The molecular weight excluding hydrogens is 400 g/mol. The van der Waals surface area contributed by atoms with Crippen LogP contribution in [0.5, 0.6) is 0 Å². The SMILES string of the molecule is O=S([O-])NCc1cccc(C2CCN(Cc3cn(Cc4ccccn4)nn3)CC2)c1. The van der Waals surface area contributed by atoms with Gasteiger partial charge in [0.15, 0.2) is 0 Å². The van der Waals surface area contributed by atoms with E-state index in [1.165, 1.54) is 5.56 Å². The Kier molecular flexibility index (Phi) is 6.96. The molecule has 1 saturated heterocycles. The van der Waals surface area contributed by atoms with Gasteiger partial charge in [-0.1, -0.05) is 35.5 Å². The highest BCUT2D eigenvalue weighted by atomic mass is 32.2. The van der Waals surface area contributed by atoms with Gasteiger partial charge < -0.3 is 4.55 Å². The van der Waals surface area contributed by atoms with Gasteiger partial charge in [-0.2, -0.15) is 0 Å². The molecule has 158 valence electrons. The third kappa shape index (κ3) is 5.79.